The summed E-state index contributed by atoms with van der Waals surface area (Å²) in [5.74, 6) is 1.03. The standard InChI is InChI=1S/C23H24N4O3S/c1-14(2)12-26-18-11-20(28)25(13-16-7-6-10-30-16)15(3)21(18)22(29)27(26)23-24-17-8-4-5-9-19(17)31-23/h4-11,14,20,28H,12-13H2,1-3H3. The van der Waals surface area contributed by atoms with E-state index in [1.54, 1.807) is 21.9 Å². The monoisotopic (exact) mass is 436 g/mol. The molecule has 1 aromatic carbocycles. The van der Waals surface area contributed by atoms with Gasteiger partial charge in [0, 0.05) is 12.2 Å². The number of rotatable bonds is 5. The van der Waals surface area contributed by atoms with Gasteiger partial charge >= 0.3 is 0 Å². The molecule has 7 nitrogen and oxygen atoms in total. The van der Waals surface area contributed by atoms with Gasteiger partial charge in [-0.2, -0.15) is 4.68 Å². The van der Waals surface area contributed by atoms with Crippen LogP contribution in [0.3, 0.4) is 0 Å². The summed E-state index contributed by atoms with van der Waals surface area (Å²) < 4.78 is 10.1. The fourth-order valence-corrected chi connectivity index (χ4v) is 5.07. The molecule has 0 aliphatic carbocycles. The van der Waals surface area contributed by atoms with Gasteiger partial charge in [0.2, 0.25) is 5.13 Å². The van der Waals surface area contributed by atoms with Crippen molar-refractivity contribution in [2.45, 2.75) is 40.1 Å². The zero-order valence-corrected chi connectivity index (χ0v) is 18.5. The zero-order chi connectivity index (χ0) is 21.7. The lowest BCUT2D eigenvalue weighted by Gasteiger charge is -2.29. The number of furan rings is 1. The number of fused-ring (bicyclic) bond motifs is 2. The molecule has 1 aliphatic rings. The predicted octanol–water partition coefficient (Wildman–Crippen LogP) is 2.24. The third-order valence-corrected chi connectivity index (χ3v) is 6.52. The van der Waals surface area contributed by atoms with Gasteiger partial charge in [-0.3, -0.25) is 9.48 Å². The van der Waals surface area contributed by atoms with E-state index >= 15 is 0 Å². The molecule has 0 radical (unpaired) electrons. The Kier molecular flexibility index (Phi) is 4.83. The first kappa shape index (κ1) is 19.8. The van der Waals surface area contributed by atoms with E-state index in [0.717, 1.165) is 27.0 Å². The summed E-state index contributed by atoms with van der Waals surface area (Å²) in [7, 11) is 0. The van der Waals surface area contributed by atoms with Gasteiger partial charge in [0.15, 0.2) is 0 Å². The summed E-state index contributed by atoms with van der Waals surface area (Å²) in [6.45, 7) is 7.11. The number of aromatic nitrogens is 3. The minimum Gasteiger partial charge on any atom is -0.467 e. The molecule has 1 unspecified atom stereocenters. The first-order chi connectivity index (χ1) is 14.9. The Morgan fingerprint density at radius 3 is 2.74 bits per heavy atom. The lowest BCUT2D eigenvalue weighted by molar-refractivity contribution is 0.0872. The zero-order valence-electron chi connectivity index (χ0n) is 17.6. The lowest BCUT2D eigenvalue weighted by Crippen LogP contribution is -2.49. The second-order valence-electron chi connectivity index (χ2n) is 8.19. The van der Waals surface area contributed by atoms with Gasteiger partial charge in [0.05, 0.1) is 33.6 Å². The van der Waals surface area contributed by atoms with Crippen LogP contribution in [-0.2, 0) is 13.1 Å². The van der Waals surface area contributed by atoms with Gasteiger partial charge < -0.3 is 14.4 Å². The van der Waals surface area contributed by atoms with Crippen molar-refractivity contribution in [1.82, 2.24) is 19.2 Å². The number of para-hydroxylation sites is 1. The third kappa shape index (κ3) is 3.32. The molecule has 1 N–H and O–H groups in total. The maximum absolute atomic E-state index is 13.7. The summed E-state index contributed by atoms with van der Waals surface area (Å²) in [4.78, 5) is 20.2. The molecule has 3 aromatic heterocycles. The van der Waals surface area contributed by atoms with Crippen LogP contribution in [0.5, 0.6) is 0 Å². The molecular weight excluding hydrogens is 412 g/mol. The highest BCUT2D eigenvalue weighted by molar-refractivity contribution is 7.20. The summed E-state index contributed by atoms with van der Waals surface area (Å²) in [6, 6.07) is 11.6. The molecule has 4 aromatic rings. The van der Waals surface area contributed by atoms with Crippen molar-refractivity contribution in [2.75, 3.05) is 0 Å². The van der Waals surface area contributed by atoms with Crippen molar-refractivity contribution in [3.8, 4) is 5.13 Å². The Morgan fingerprint density at radius 1 is 1.23 bits per heavy atom. The van der Waals surface area contributed by atoms with Gasteiger partial charge in [0.25, 0.3) is 5.56 Å². The molecule has 0 saturated heterocycles. The number of benzene rings is 1. The smallest absolute Gasteiger partial charge is 0.283 e. The maximum Gasteiger partial charge on any atom is 0.283 e. The van der Waals surface area contributed by atoms with Crippen molar-refractivity contribution in [3.63, 3.8) is 0 Å². The molecule has 8 heteroatoms. The van der Waals surface area contributed by atoms with Crippen molar-refractivity contribution in [2.24, 2.45) is 5.92 Å². The topological polar surface area (TPSA) is 76.4 Å². The molecule has 0 spiro atoms. The van der Waals surface area contributed by atoms with Crippen LogP contribution in [-0.4, -0.2) is 30.6 Å². The second-order valence-corrected chi connectivity index (χ2v) is 9.20. The normalized spacial score (nSPS) is 16.2. The number of nitrogens with zero attached hydrogens (tertiary/aromatic N) is 4. The van der Waals surface area contributed by atoms with Crippen LogP contribution in [0.2, 0.25) is 0 Å². The van der Waals surface area contributed by atoms with Crippen LogP contribution in [0.4, 0.5) is 0 Å². The summed E-state index contributed by atoms with van der Waals surface area (Å²) in [5.41, 5.74) is 1.47. The highest BCUT2D eigenvalue weighted by atomic mass is 32.1. The molecule has 0 amide bonds. The van der Waals surface area contributed by atoms with Crippen LogP contribution < -0.4 is 16.1 Å². The molecule has 1 atom stereocenters. The van der Waals surface area contributed by atoms with E-state index in [9.17, 15) is 9.90 Å². The van der Waals surface area contributed by atoms with Gasteiger partial charge in [-0.05, 0) is 43.2 Å². The number of thiazole rings is 1. The predicted molar refractivity (Wildman–Crippen MR) is 121 cm³/mol. The van der Waals surface area contributed by atoms with Crippen LogP contribution >= 0.6 is 11.3 Å². The van der Waals surface area contributed by atoms with Crippen LogP contribution in [0.15, 0.2) is 51.9 Å². The molecule has 1 aliphatic heterocycles. The molecule has 160 valence electrons. The van der Waals surface area contributed by atoms with Crippen LogP contribution in [0, 0.1) is 5.92 Å². The van der Waals surface area contributed by atoms with Crippen molar-refractivity contribution in [1.29, 1.82) is 0 Å². The van der Waals surface area contributed by atoms with E-state index < -0.39 is 6.23 Å². The second kappa shape index (κ2) is 7.55. The van der Waals surface area contributed by atoms with E-state index in [1.165, 1.54) is 11.3 Å². The van der Waals surface area contributed by atoms with Crippen LogP contribution in [0.1, 0.15) is 26.5 Å². The Bertz CT molecular complexity index is 1390. The summed E-state index contributed by atoms with van der Waals surface area (Å²) >= 11 is 1.49. The van der Waals surface area contributed by atoms with Gasteiger partial charge in [0.1, 0.15) is 12.0 Å². The number of hydrogen-bond donors (Lipinski definition) is 1. The van der Waals surface area contributed by atoms with Crippen molar-refractivity contribution < 1.29 is 9.52 Å². The van der Waals surface area contributed by atoms with E-state index in [0.29, 0.717) is 29.4 Å². The van der Waals surface area contributed by atoms with Crippen molar-refractivity contribution >= 4 is 33.3 Å². The molecule has 0 saturated carbocycles. The lowest BCUT2D eigenvalue weighted by atomic mass is 10.2. The first-order valence-corrected chi connectivity index (χ1v) is 11.1. The van der Waals surface area contributed by atoms with Gasteiger partial charge in [-0.15, -0.1) is 0 Å². The first-order valence-electron chi connectivity index (χ1n) is 10.3. The van der Waals surface area contributed by atoms with E-state index in [-0.39, 0.29) is 5.56 Å². The number of hydrogen-bond acceptors (Lipinski definition) is 6. The SMILES string of the molecule is CC1=c2c(n(CC(C)C)n(-c3nc4ccccc4s3)c2=O)=CC(O)N1Cc1ccco1. The fraction of sp³-hybridized carbons (Fsp3) is 0.304. The Balaban J connectivity index is 1.76. The average molecular weight is 437 g/mol. The Morgan fingerprint density at radius 2 is 2.03 bits per heavy atom. The Hall–Kier alpha value is -3.10. The number of aliphatic hydroxyl groups excluding tert-OH is 1. The minimum atomic E-state index is -0.860. The summed E-state index contributed by atoms with van der Waals surface area (Å²) in [6.07, 6.45) is 2.50. The summed E-state index contributed by atoms with van der Waals surface area (Å²) in [5, 5.41) is 12.9. The maximum atomic E-state index is 13.7. The third-order valence-electron chi connectivity index (χ3n) is 5.51. The Labute approximate surface area is 182 Å². The molecular formula is C23H24N4O3S. The minimum absolute atomic E-state index is 0.125. The number of aliphatic hydroxyl groups is 1. The largest absolute Gasteiger partial charge is 0.467 e. The molecule has 4 heterocycles. The van der Waals surface area contributed by atoms with Crippen LogP contribution in [0.25, 0.3) is 27.1 Å². The van der Waals surface area contributed by atoms with Gasteiger partial charge in [-0.25, -0.2) is 4.98 Å². The van der Waals surface area contributed by atoms with Gasteiger partial charge in [-0.1, -0.05) is 37.3 Å². The highest BCUT2D eigenvalue weighted by Crippen LogP contribution is 2.24. The van der Waals surface area contributed by atoms with Crippen molar-refractivity contribution in [3.05, 3.63) is 69.3 Å². The highest BCUT2D eigenvalue weighted by Gasteiger charge is 2.26. The fourth-order valence-electron chi connectivity index (χ4n) is 4.09. The van der Waals surface area contributed by atoms with E-state index in [2.05, 4.69) is 13.8 Å². The van der Waals surface area contributed by atoms with E-state index in [4.69, 9.17) is 9.40 Å². The molecule has 0 fully saturated rings. The average Bonchev–Trinajstić information content (AvgIpc) is 3.43. The molecule has 5 rings (SSSR count). The molecule has 0 bridgehead atoms. The quantitative estimate of drug-likeness (QED) is 0.519. The molecule has 31 heavy (non-hydrogen) atoms. The van der Waals surface area contributed by atoms with E-state index in [1.807, 2.05) is 48.0 Å².